The van der Waals surface area contributed by atoms with Crippen molar-refractivity contribution in [1.29, 1.82) is 0 Å². The summed E-state index contributed by atoms with van der Waals surface area (Å²) in [6, 6.07) is 13.4. The molecule has 0 saturated heterocycles. The average molecular weight is 358 g/mol. The van der Waals surface area contributed by atoms with Gasteiger partial charge in [-0.25, -0.2) is 4.39 Å². The predicted octanol–water partition coefficient (Wildman–Crippen LogP) is 3.66. The second kappa shape index (κ2) is 8.67. The van der Waals surface area contributed by atoms with E-state index < -0.39 is 0 Å². The van der Waals surface area contributed by atoms with Crippen LogP contribution in [0.5, 0.6) is 11.5 Å². The lowest BCUT2D eigenvalue weighted by molar-refractivity contribution is -0.116. The minimum atomic E-state index is -0.317. The zero-order valence-electron chi connectivity index (χ0n) is 14.8. The number of nitrogens with zero attached hydrogens (tertiary/aromatic N) is 1. The number of unbranched alkanes of at least 4 members (excludes halogenated alkanes) is 1. The fourth-order valence-corrected chi connectivity index (χ4v) is 2.77. The second-order valence-electron chi connectivity index (χ2n) is 6.32. The van der Waals surface area contributed by atoms with Crippen LogP contribution in [0.15, 0.2) is 48.5 Å². The number of likely N-dealkylation sites (N-methyl/N-ethyl adjacent to an activating group) is 1. The Balaban J connectivity index is 1.36. The molecule has 0 aliphatic carbocycles. The Labute approximate surface area is 152 Å². The van der Waals surface area contributed by atoms with Crippen LogP contribution in [0.3, 0.4) is 0 Å². The molecule has 26 heavy (non-hydrogen) atoms. The first-order chi connectivity index (χ1) is 12.6. The van der Waals surface area contributed by atoms with E-state index in [9.17, 15) is 9.18 Å². The molecule has 0 spiro atoms. The molecule has 1 N–H and O–H groups in total. The molecule has 6 heteroatoms. The maximum atomic E-state index is 12.8. The lowest BCUT2D eigenvalue weighted by atomic mass is 10.2. The number of carbonyl (C=O) groups excluding carboxylic acids is 1. The molecular formula is C20H23FN2O3. The first-order valence-electron chi connectivity index (χ1n) is 8.76. The molecule has 3 rings (SSSR count). The molecule has 1 aliphatic rings. The van der Waals surface area contributed by atoms with Crippen molar-refractivity contribution in [1.82, 2.24) is 4.90 Å². The van der Waals surface area contributed by atoms with E-state index in [4.69, 9.17) is 9.47 Å². The standard InChI is InChI=1S/C20H23FN2O3/c1-23(20-14-25-17-6-2-3-7-18(17)26-20)13-5-4-8-19(24)22-16-11-9-15(21)10-12-16/h2-3,6-7,9-12,20H,4-5,8,13-14H2,1H3,(H,22,24). The van der Waals surface area contributed by atoms with Gasteiger partial charge in [0.05, 0.1) is 0 Å². The van der Waals surface area contributed by atoms with Gasteiger partial charge in [-0.15, -0.1) is 0 Å². The highest BCUT2D eigenvalue weighted by Gasteiger charge is 2.23. The van der Waals surface area contributed by atoms with Gasteiger partial charge in [0.1, 0.15) is 12.4 Å². The number of anilines is 1. The molecule has 0 radical (unpaired) electrons. The fraction of sp³-hybridized carbons (Fsp3) is 0.350. The zero-order valence-corrected chi connectivity index (χ0v) is 14.8. The summed E-state index contributed by atoms with van der Waals surface area (Å²) >= 11 is 0. The third-order valence-corrected chi connectivity index (χ3v) is 4.28. The van der Waals surface area contributed by atoms with Crippen LogP contribution in [-0.4, -0.2) is 37.2 Å². The van der Waals surface area contributed by atoms with Crippen LogP contribution in [0.2, 0.25) is 0 Å². The summed E-state index contributed by atoms with van der Waals surface area (Å²) in [5.74, 6) is 1.15. The molecule has 1 unspecified atom stereocenters. The molecule has 1 amide bonds. The van der Waals surface area contributed by atoms with Crippen molar-refractivity contribution >= 4 is 11.6 Å². The van der Waals surface area contributed by atoms with Crippen LogP contribution in [-0.2, 0) is 4.79 Å². The van der Waals surface area contributed by atoms with Crippen molar-refractivity contribution in [3.63, 3.8) is 0 Å². The number of amides is 1. The van der Waals surface area contributed by atoms with Crippen molar-refractivity contribution in [2.45, 2.75) is 25.5 Å². The van der Waals surface area contributed by atoms with E-state index in [0.29, 0.717) is 18.7 Å². The number of ether oxygens (including phenoxy) is 2. The first kappa shape index (κ1) is 18.2. The molecule has 0 bridgehead atoms. The molecule has 1 heterocycles. The molecule has 1 atom stereocenters. The maximum absolute atomic E-state index is 12.8. The summed E-state index contributed by atoms with van der Waals surface area (Å²) in [5, 5.41) is 2.77. The Morgan fingerprint density at radius 2 is 1.88 bits per heavy atom. The Bertz CT molecular complexity index is 736. The van der Waals surface area contributed by atoms with Crippen LogP contribution in [0, 0.1) is 5.82 Å². The van der Waals surface area contributed by atoms with Gasteiger partial charge < -0.3 is 14.8 Å². The molecular weight excluding hydrogens is 335 g/mol. The lowest BCUT2D eigenvalue weighted by Gasteiger charge is -2.32. The number of halogens is 1. The van der Waals surface area contributed by atoms with E-state index in [0.717, 1.165) is 30.9 Å². The van der Waals surface area contributed by atoms with Gasteiger partial charge in [-0.1, -0.05) is 12.1 Å². The van der Waals surface area contributed by atoms with E-state index in [1.807, 2.05) is 31.3 Å². The van der Waals surface area contributed by atoms with Gasteiger partial charge in [-0.05, 0) is 56.3 Å². The summed E-state index contributed by atoms with van der Waals surface area (Å²) in [6.45, 7) is 1.29. The van der Waals surface area contributed by atoms with Gasteiger partial charge in [0, 0.05) is 18.7 Å². The monoisotopic (exact) mass is 358 g/mol. The highest BCUT2D eigenvalue weighted by Crippen LogP contribution is 2.31. The normalized spacial score (nSPS) is 15.7. The third-order valence-electron chi connectivity index (χ3n) is 4.28. The number of hydrogen-bond acceptors (Lipinski definition) is 4. The van der Waals surface area contributed by atoms with E-state index in [1.54, 1.807) is 12.1 Å². The largest absolute Gasteiger partial charge is 0.484 e. The fourth-order valence-electron chi connectivity index (χ4n) is 2.77. The second-order valence-corrected chi connectivity index (χ2v) is 6.32. The Hall–Kier alpha value is -2.60. The van der Waals surface area contributed by atoms with E-state index in [1.165, 1.54) is 12.1 Å². The highest BCUT2D eigenvalue weighted by atomic mass is 19.1. The van der Waals surface area contributed by atoms with Crippen LogP contribution >= 0.6 is 0 Å². The lowest BCUT2D eigenvalue weighted by Crippen LogP contribution is -2.43. The minimum Gasteiger partial charge on any atom is -0.484 e. The molecule has 2 aromatic rings. The zero-order chi connectivity index (χ0) is 18.4. The molecule has 1 aliphatic heterocycles. The van der Waals surface area contributed by atoms with Crippen LogP contribution in [0.1, 0.15) is 19.3 Å². The Morgan fingerprint density at radius 3 is 2.65 bits per heavy atom. The third kappa shape index (κ3) is 4.95. The van der Waals surface area contributed by atoms with Crippen molar-refractivity contribution in [2.24, 2.45) is 0 Å². The molecule has 2 aromatic carbocycles. The summed E-state index contributed by atoms with van der Waals surface area (Å²) in [5.41, 5.74) is 0.611. The number of carbonyl (C=O) groups is 1. The summed E-state index contributed by atoms with van der Waals surface area (Å²) in [7, 11) is 1.99. The number of rotatable bonds is 7. The Kier molecular flexibility index (Phi) is 6.07. The quantitative estimate of drug-likeness (QED) is 0.768. The van der Waals surface area contributed by atoms with Gasteiger partial charge in [0.25, 0.3) is 0 Å². The van der Waals surface area contributed by atoms with Crippen molar-refractivity contribution in [3.05, 3.63) is 54.3 Å². The summed E-state index contributed by atoms with van der Waals surface area (Å²) in [4.78, 5) is 14.0. The van der Waals surface area contributed by atoms with Gasteiger partial charge in [0.15, 0.2) is 17.7 Å². The highest BCUT2D eigenvalue weighted by molar-refractivity contribution is 5.90. The molecule has 5 nitrogen and oxygen atoms in total. The van der Waals surface area contributed by atoms with E-state index >= 15 is 0 Å². The minimum absolute atomic E-state index is 0.0644. The predicted molar refractivity (Wildman–Crippen MR) is 97.9 cm³/mol. The van der Waals surface area contributed by atoms with Gasteiger partial charge in [-0.2, -0.15) is 0 Å². The first-order valence-corrected chi connectivity index (χ1v) is 8.76. The summed E-state index contributed by atoms with van der Waals surface area (Å²) in [6.07, 6.45) is 1.94. The molecule has 0 aromatic heterocycles. The van der Waals surface area contributed by atoms with Crippen LogP contribution in [0.25, 0.3) is 0 Å². The van der Waals surface area contributed by atoms with Crippen molar-refractivity contribution in [2.75, 3.05) is 25.5 Å². The number of hydrogen-bond donors (Lipinski definition) is 1. The number of nitrogens with one attached hydrogen (secondary N) is 1. The topological polar surface area (TPSA) is 50.8 Å². The number of fused-ring (bicyclic) bond motifs is 1. The maximum Gasteiger partial charge on any atom is 0.224 e. The smallest absolute Gasteiger partial charge is 0.224 e. The number of para-hydroxylation sites is 2. The average Bonchev–Trinajstić information content (AvgIpc) is 2.66. The van der Waals surface area contributed by atoms with Crippen molar-refractivity contribution < 1.29 is 18.7 Å². The van der Waals surface area contributed by atoms with Gasteiger partial charge >= 0.3 is 0 Å². The molecule has 0 saturated carbocycles. The number of benzene rings is 2. The van der Waals surface area contributed by atoms with Crippen LogP contribution in [0.4, 0.5) is 10.1 Å². The van der Waals surface area contributed by atoms with E-state index in [2.05, 4.69) is 10.2 Å². The van der Waals surface area contributed by atoms with Gasteiger partial charge in [-0.3, -0.25) is 9.69 Å². The summed E-state index contributed by atoms with van der Waals surface area (Å²) < 4.78 is 24.5. The molecule has 138 valence electrons. The van der Waals surface area contributed by atoms with Crippen LogP contribution < -0.4 is 14.8 Å². The van der Waals surface area contributed by atoms with Crippen molar-refractivity contribution in [3.8, 4) is 11.5 Å². The SMILES string of the molecule is CN(CCCCC(=O)Nc1ccc(F)cc1)C1COc2ccccc2O1. The Morgan fingerprint density at radius 1 is 1.15 bits per heavy atom. The van der Waals surface area contributed by atoms with E-state index in [-0.39, 0.29) is 18.0 Å². The molecule has 0 fully saturated rings. The van der Waals surface area contributed by atoms with Gasteiger partial charge in [0.2, 0.25) is 5.91 Å².